The molecule has 1 nitrogen and oxygen atoms in total. The number of rotatable bonds is 2. The summed E-state index contributed by atoms with van der Waals surface area (Å²) >= 11 is 0. The second-order valence-corrected chi connectivity index (χ2v) is 3.47. The molecule has 2 rings (SSSR count). The van der Waals surface area contributed by atoms with Gasteiger partial charge in [0.15, 0.2) is 0 Å². The predicted molar refractivity (Wildman–Crippen MR) is 45.4 cm³/mol. The van der Waals surface area contributed by atoms with Gasteiger partial charge in [-0.25, -0.2) is 0 Å². The Morgan fingerprint density at radius 1 is 1.45 bits per heavy atom. The minimum Gasteiger partial charge on any atom is -0.261 e. The molecule has 0 radical (unpaired) electrons. The monoisotopic (exact) mass is 147 g/mol. The van der Waals surface area contributed by atoms with Crippen molar-refractivity contribution in [1.82, 2.24) is 4.98 Å². The van der Waals surface area contributed by atoms with Crippen molar-refractivity contribution in [2.75, 3.05) is 0 Å². The third-order valence-electron chi connectivity index (χ3n) is 2.17. The van der Waals surface area contributed by atoms with Crippen molar-refractivity contribution in [2.24, 2.45) is 5.92 Å². The van der Waals surface area contributed by atoms with Gasteiger partial charge in [-0.05, 0) is 43.7 Å². The third kappa shape index (κ3) is 1.79. The van der Waals surface area contributed by atoms with Crippen LogP contribution in [0.1, 0.15) is 24.1 Å². The lowest BCUT2D eigenvalue weighted by molar-refractivity contribution is 0.803. The molecule has 1 fully saturated rings. The standard InChI is InChI=1S/C10H13N/c1-8-2-5-10(11-7-8)6-9-3-4-9/h2,5,7,9H,3-4,6H2,1H3. The molecule has 1 aliphatic carbocycles. The van der Waals surface area contributed by atoms with Gasteiger partial charge in [0.25, 0.3) is 0 Å². The Kier molecular flexibility index (Phi) is 1.65. The highest BCUT2D eigenvalue weighted by molar-refractivity contribution is 5.13. The van der Waals surface area contributed by atoms with E-state index >= 15 is 0 Å². The van der Waals surface area contributed by atoms with Crippen LogP contribution in [0.4, 0.5) is 0 Å². The van der Waals surface area contributed by atoms with Crippen LogP contribution in [-0.4, -0.2) is 4.98 Å². The Morgan fingerprint density at radius 2 is 2.27 bits per heavy atom. The van der Waals surface area contributed by atoms with Crippen molar-refractivity contribution < 1.29 is 0 Å². The van der Waals surface area contributed by atoms with E-state index in [4.69, 9.17) is 0 Å². The van der Waals surface area contributed by atoms with Gasteiger partial charge in [-0.2, -0.15) is 0 Å². The molecule has 0 amide bonds. The minimum absolute atomic E-state index is 0.949. The Hall–Kier alpha value is -0.850. The summed E-state index contributed by atoms with van der Waals surface area (Å²) < 4.78 is 0. The van der Waals surface area contributed by atoms with Crippen LogP contribution in [-0.2, 0) is 6.42 Å². The molecule has 0 atom stereocenters. The van der Waals surface area contributed by atoms with E-state index in [1.54, 1.807) is 0 Å². The molecule has 1 aromatic heterocycles. The second kappa shape index (κ2) is 2.65. The first-order valence-corrected chi connectivity index (χ1v) is 4.26. The van der Waals surface area contributed by atoms with Gasteiger partial charge in [0.05, 0.1) is 0 Å². The number of nitrogens with zero attached hydrogens (tertiary/aromatic N) is 1. The van der Waals surface area contributed by atoms with Crippen LogP contribution < -0.4 is 0 Å². The van der Waals surface area contributed by atoms with Gasteiger partial charge in [-0.1, -0.05) is 6.07 Å². The maximum atomic E-state index is 4.36. The molecule has 0 aliphatic heterocycles. The average Bonchev–Trinajstić information content (AvgIpc) is 2.78. The molecule has 58 valence electrons. The van der Waals surface area contributed by atoms with Crippen molar-refractivity contribution in [3.05, 3.63) is 29.6 Å². The Labute approximate surface area is 67.5 Å². The molecular weight excluding hydrogens is 134 g/mol. The number of aryl methyl sites for hydroxylation is 1. The summed E-state index contributed by atoms with van der Waals surface area (Å²) in [6.07, 6.45) is 5.98. The van der Waals surface area contributed by atoms with Gasteiger partial charge in [0.2, 0.25) is 0 Å². The number of hydrogen-bond donors (Lipinski definition) is 0. The van der Waals surface area contributed by atoms with E-state index in [9.17, 15) is 0 Å². The molecule has 0 spiro atoms. The Bertz CT molecular complexity index is 234. The molecule has 1 heteroatoms. The maximum absolute atomic E-state index is 4.36. The van der Waals surface area contributed by atoms with Gasteiger partial charge >= 0.3 is 0 Å². The van der Waals surface area contributed by atoms with Crippen LogP contribution in [0.2, 0.25) is 0 Å². The van der Waals surface area contributed by atoms with Crippen molar-refractivity contribution in [2.45, 2.75) is 26.2 Å². The summed E-state index contributed by atoms with van der Waals surface area (Å²) in [5.41, 5.74) is 2.52. The third-order valence-corrected chi connectivity index (χ3v) is 2.17. The van der Waals surface area contributed by atoms with Crippen LogP contribution in [0.5, 0.6) is 0 Å². The smallest absolute Gasteiger partial charge is 0.0406 e. The fourth-order valence-electron chi connectivity index (χ4n) is 1.24. The van der Waals surface area contributed by atoms with Crippen molar-refractivity contribution >= 4 is 0 Å². The molecule has 0 bridgehead atoms. The van der Waals surface area contributed by atoms with E-state index < -0.39 is 0 Å². The first kappa shape index (κ1) is 6.84. The molecule has 1 aromatic rings. The minimum atomic E-state index is 0.949. The summed E-state index contributed by atoms with van der Waals surface area (Å²) in [6, 6.07) is 4.29. The van der Waals surface area contributed by atoms with Gasteiger partial charge in [0, 0.05) is 11.9 Å². The topological polar surface area (TPSA) is 12.9 Å². The van der Waals surface area contributed by atoms with E-state index in [0.717, 1.165) is 5.92 Å². The van der Waals surface area contributed by atoms with Crippen LogP contribution in [0, 0.1) is 12.8 Å². The molecule has 0 N–H and O–H groups in total. The predicted octanol–water partition coefficient (Wildman–Crippen LogP) is 2.34. The quantitative estimate of drug-likeness (QED) is 0.625. The van der Waals surface area contributed by atoms with E-state index in [2.05, 4.69) is 24.0 Å². The van der Waals surface area contributed by atoms with Gasteiger partial charge in [-0.15, -0.1) is 0 Å². The molecule has 1 heterocycles. The molecule has 0 saturated heterocycles. The summed E-state index contributed by atoms with van der Waals surface area (Å²) in [6.45, 7) is 2.08. The second-order valence-electron chi connectivity index (χ2n) is 3.47. The van der Waals surface area contributed by atoms with Gasteiger partial charge in [-0.3, -0.25) is 4.98 Å². The summed E-state index contributed by atoms with van der Waals surface area (Å²) in [7, 11) is 0. The van der Waals surface area contributed by atoms with E-state index in [-0.39, 0.29) is 0 Å². The molecular formula is C10H13N. The van der Waals surface area contributed by atoms with Gasteiger partial charge in [0.1, 0.15) is 0 Å². The van der Waals surface area contributed by atoms with Crippen LogP contribution in [0.3, 0.4) is 0 Å². The van der Waals surface area contributed by atoms with E-state index in [1.165, 1.54) is 30.5 Å². The number of aromatic nitrogens is 1. The van der Waals surface area contributed by atoms with Crippen LogP contribution >= 0.6 is 0 Å². The zero-order chi connectivity index (χ0) is 7.68. The van der Waals surface area contributed by atoms with Crippen molar-refractivity contribution in [1.29, 1.82) is 0 Å². The molecule has 1 aliphatic rings. The largest absolute Gasteiger partial charge is 0.261 e. The molecule has 11 heavy (non-hydrogen) atoms. The highest BCUT2D eigenvalue weighted by Crippen LogP contribution is 2.31. The average molecular weight is 147 g/mol. The summed E-state index contributed by atoms with van der Waals surface area (Å²) in [4.78, 5) is 4.36. The fraction of sp³-hybridized carbons (Fsp3) is 0.500. The first-order chi connectivity index (χ1) is 5.34. The highest BCUT2D eigenvalue weighted by atomic mass is 14.7. The maximum Gasteiger partial charge on any atom is 0.0406 e. The Balaban J connectivity index is 2.06. The lowest BCUT2D eigenvalue weighted by atomic mass is 10.2. The zero-order valence-corrected chi connectivity index (χ0v) is 6.88. The van der Waals surface area contributed by atoms with E-state index in [0.29, 0.717) is 0 Å². The number of hydrogen-bond acceptors (Lipinski definition) is 1. The van der Waals surface area contributed by atoms with Crippen molar-refractivity contribution in [3.8, 4) is 0 Å². The van der Waals surface area contributed by atoms with Gasteiger partial charge < -0.3 is 0 Å². The Morgan fingerprint density at radius 3 is 2.82 bits per heavy atom. The molecule has 1 saturated carbocycles. The lowest BCUT2D eigenvalue weighted by Gasteiger charge is -1.97. The fourth-order valence-corrected chi connectivity index (χ4v) is 1.24. The normalized spacial score (nSPS) is 16.8. The number of pyridine rings is 1. The lowest BCUT2D eigenvalue weighted by Crippen LogP contribution is -1.90. The molecule has 0 aromatic carbocycles. The SMILES string of the molecule is Cc1ccc(CC2CC2)nc1. The zero-order valence-electron chi connectivity index (χ0n) is 6.88. The summed E-state index contributed by atoms with van der Waals surface area (Å²) in [5, 5.41) is 0. The summed E-state index contributed by atoms with van der Waals surface area (Å²) in [5.74, 6) is 0.949. The first-order valence-electron chi connectivity index (χ1n) is 4.26. The van der Waals surface area contributed by atoms with Crippen LogP contribution in [0.15, 0.2) is 18.3 Å². The van der Waals surface area contributed by atoms with E-state index in [1.807, 2.05) is 6.20 Å². The molecule has 0 unspecified atom stereocenters. The van der Waals surface area contributed by atoms with Crippen LogP contribution in [0.25, 0.3) is 0 Å². The van der Waals surface area contributed by atoms with Crippen molar-refractivity contribution in [3.63, 3.8) is 0 Å². The highest BCUT2D eigenvalue weighted by Gasteiger charge is 2.21.